The Morgan fingerprint density at radius 3 is 2.34 bits per heavy atom. The number of aromatic carboxylic acids is 1. The molecule has 29 heavy (non-hydrogen) atoms. The summed E-state index contributed by atoms with van der Waals surface area (Å²) >= 11 is 1.60. The quantitative estimate of drug-likeness (QED) is 0.449. The first-order valence-corrected chi connectivity index (χ1v) is 10.3. The Morgan fingerprint density at radius 1 is 1.17 bits per heavy atom. The van der Waals surface area contributed by atoms with Crippen LogP contribution in [0.1, 0.15) is 40.7 Å². The number of benzene rings is 2. The molecule has 0 spiro atoms. The number of hydrogen-bond donors (Lipinski definition) is 2. The zero-order valence-electron chi connectivity index (χ0n) is 16.6. The third kappa shape index (κ3) is 6.58. The molecule has 2 N–H and O–H groups in total. The number of nitrogens with zero attached hydrogens (tertiary/aromatic N) is 1. The average molecular weight is 418 g/mol. The molecule has 1 fully saturated rings. The average Bonchev–Trinajstić information content (AvgIpc) is 2.72. The number of carbonyl (C=O) groups is 1. The molecule has 7 heteroatoms. The molecule has 5 nitrogen and oxygen atoms in total. The van der Waals surface area contributed by atoms with Gasteiger partial charge >= 0.3 is 29.6 Å². The zero-order valence-corrected chi connectivity index (χ0v) is 19.4. The van der Waals surface area contributed by atoms with Crippen molar-refractivity contribution in [2.45, 2.75) is 41.4 Å². The molecule has 0 radical (unpaired) electrons. The number of hydrogen-bond acceptors (Lipinski definition) is 6. The predicted molar refractivity (Wildman–Crippen MR) is 107 cm³/mol. The molecule has 2 aromatic rings. The maximum Gasteiger partial charge on any atom is 1.00 e. The number of carbonyl (C=O) groups excluding carboxylic acids is 1. The smallest absolute Gasteiger partial charge is 0.545 e. The van der Waals surface area contributed by atoms with Crippen molar-refractivity contribution in [1.29, 1.82) is 5.26 Å². The number of carboxylic acid groups (broad SMARTS) is 1. The minimum Gasteiger partial charge on any atom is -0.545 e. The summed E-state index contributed by atoms with van der Waals surface area (Å²) in [5.74, 6) is -1.19. The largest absolute Gasteiger partial charge is 1.00 e. The number of piperidine rings is 1. The van der Waals surface area contributed by atoms with Gasteiger partial charge in [0.05, 0.1) is 23.2 Å². The van der Waals surface area contributed by atoms with Crippen LogP contribution in [0.3, 0.4) is 0 Å². The Labute approximate surface area is 197 Å². The van der Waals surface area contributed by atoms with Crippen molar-refractivity contribution in [2.75, 3.05) is 13.1 Å². The summed E-state index contributed by atoms with van der Waals surface area (Å²) in [7, 11) is 0. The third-order valence-corrected chi connectivity index (χ3v) is 6.72. The molecule has 3 rings (SSSR count). The van der Waals surface area contributed by atoms with E-state index in [4.69, 9.17) is 5.26 Å². The summed E-state index contributed by atoms with van der Waals surface area (Å²) in [6.07, 6.45) is 2.97. The van der Waals surface area contributed by atoms with Crippen LogP contribution in [0.2, 0.25) is 0 Å². The van der Waals surface area contributed by atoms with Crippen molar-refractivity contribution in [3.63, 3.8) is 0 Å². The fourth-order valence-corrected chi connectivity index (χ4v) is 4.81. The molecule has 1 saturated heterocycles. The summed E-state index contributed by atoms with van der Waals surface area (Å²) < 4.78 is 0. The van der Waals surface area contributed by atoms with Crippen LogP contribution in [0, 0.1) is 11.3 Å². The molecule has 146 valence electrons. The van der Waals surface area contributed by atoms with Crippen molar-refractivity contribution in [3.8, 4) is 6.07 Å². The van der Waals surface area contributed by atoms with Crippen LogP contribution >= 0.6 is 11.8 Å². The van der Waals surface area contributed by atoms with Gasteiger partial charge in [-0.05, 0) is 74.2 Å². The number of carboxylic acids is 1. The van der Waals surface area contributed by atoms with Crippen LogP contribution < -0.4 is 40.0 Å². The van der Waals surface area contributed by atoms with E-state index in [2.05, 4.69) is 11.4 Å². The molecule has 0 amide bonds. The summed E-state index contributed by atoms with van der Waals surface area (Å²) in [5, 5.41) is 34.5. The van der Waals surface area contributed by atoms with Gasteiger partial charge in [-0.15, -0.1) is 11.8 Å². The number of nitriles is 1. The SMILES string of the molecule is N#Cc1ccc(CCC(Sc2ccc(C(=O)[O-])cc2)C2(O)CCNCC2)cc1.[Na+]. The van der Waals surface area contributed by atoms with Gasteiger partial charge in [0.1, 0.15) is 0 Å². The summed E-state index contributed by atoms with van der Waals surface area (Å²) in [6.45, 7) is 1.57. The van der Waals surface area contributed by atoms with Crippen LogP contribution in [0.5, 0.6) is 0 Å². The van der Waals surface area contributed by atoms with Gasteiger partial charge in [0.15, 0.2) is 0 Å². The molecule has 1 heterocycles. The van der Waals surface area contributed by atoms with Gasteiger partial charge in [-0.2, -0.15) is 5.26 Å². The molecule has 1 atom stereocenters. The molecule has 0 aromatic heterocycles. The Hall–Kier alpha value is -1.33. The van der Waals surface area contributed by atoms with E-state index in [9.17, 15) is 15.0 Å². The molecular weight excluding hydrogens is 395 g/mol. The minimum absolute atomic E-state index is 0. The second kappa shape index (κ2) is 11.2. The summed E-state index contributed by atoms with van der Waals surface area (Å²) in [5.41, 5.74) is 1.16. The summed E-state index contributed by atoms with van der Waals surface area (Å²) in [6, 6.07) is 16.3. The Kier molecular flexibility index (Phi) is 9.22. The van der Waals surface area contributed by atoms with Gasteiger partial charge in [-0.25, -0.2) is 0 Å². The predicted octanol–water partition coefficient (Wildman–Crippen LogP) is -0.866. The van der Waals surface area contributed by atoms with Crippen LogP contribution in [0.15, 0.2) is 53.4 Å². The first-order chi connectivity index (χ1) is 13.5. The Bertz CT molecular complexity index is 844. The van der Waals surface area contributed by atoms with Crippen molar-refractivity contribution < 1.29 is 44.6 Å². The van der Waals surface area contributed by atoms with E-state index in [1.165, 1.54) is 0 Å². The van der Waals surface area contributed by atoms with E-state index in [0.29, 0.717) is 18.4 Å². The van der Waals surface area contributed by atoms with E-state index in [0.717, 1.165) is 36.4 Å². The van der Waals surface area contributed by atoms with Gasteiger partial charge < -0.3 is 20.3 Å². The van der Waals surface area contributed by atoms with Crippen LogP contribution in [-0.4, -0.2) is 35.0 Å². The fourth-order valence-electron chi connectivity index (χ4n) is 3.50. The molecule has 1 aliphatic rings. The maximum absolute atomic E-state index is 11.3. The molecule has 1 unspecified atom stereocenters. The number of aliphatic hydroxyl groups is 1. The van der Waals surface area contributed by atoms with Gasteiger partial charge in [-0.1, -0.05) is 24.3 Å². The molecule has 2 aromatic carbocycles. The first kappa shape index (κ1) is 23.9. The van der Waals surface area contributed by atoms with E-state index in [1.54, 1.807) is 36.0 Å². The van der Waals surface area contributed by atoms with Crippen LogP contribution in [0.4, 0.5) is 0 Å². The van der Waals surface area contributed by atoms with Gasteiger partial charge in [0.2, 0.25) is 0 Å². The zero-order chi connectivity index (χ0) is 20.0. The van der Waals surface area contributed by atoms with E-state index in [1.807, 2.05) is 24.3 Å². The third-order valence-electron chi connectivity index (χ3n) is 5.22. The fraction of sp³-hybridized carbons (Fsp3) is 0.364. The number of nitrogens with one attached hydrogen (secondary N) is 1. The number of thioether (sulfide) groups is 1. The van der Waals surface area contributed by atoms with Crippen LogP contribution in [-0.2, 0) is 6.42 Å². The Morgan fingerprint density at radius 2 is 1.79 bits per heavy atom. The van der Waals surface area contributed by atoms with Gasteiger partial charge in [0.25, 0.3) is 0 Å². The van der Waals surface area contributed by atoms with E-state index < -0.39 is 11.6 Å². The van der Waals surface area contributed by atoms with Crippen molar-refractivity contribution in [2.24, 2.45) is 0 Å². The second-order valence-corrected chi connectivity index (χ2v) is 8.40. The van der Waals surface area contributed by atoms with E-state index in [-0.39, 0.29) is 40.4 Å². The topological polar surface area (TPSA) is 96.2 Å². The molecule has 0 bridgehead atoms. The number of aryl methyl sites for hydroxylation is 1. The Balaban J connectivity index is 0.00000300. The molecule has 0 saturated carbocycles. The second-order valence-electron chi connectivity index (χ2n) is 7.12. The first-order valence-electron chi connectivity index (χ1n) is 9.40. The molecular formula is C22H23N2NaO3S. The van der Waals surface area contributed by atoms with E-state index >= 15 is 0 Å². The van der Waals surface area contributed by atoms with Crippen molar-refractivity contribution in [1.82, 2.24) is 5.32 Å². The summed E-state index contributed by atoms with van der Waals surface area (Å²) in [4.78, 5) is 11.9. The van der Waals surface area contributed by atoms with Crippen molar-refractivity contribution >= 4 is 17.7 Å². The van der Waals surface area contributed by atoms with Crippen LogP contribution in [0.25, 0.3) is 0 Å². The standard InChI is InChI=1S/C22H24N2O3S.Na/c23-15-17-3-1-16(2-4-17)5-10-20(22(27)11-13-24-14-12-22)28-19-8-6-18(7-9-19)21(25)26;/h1-4,6-9,20,24,27H,5,10-14H2,(H,25,26);/q;+1/p-1. The monoisotopic (exact) mass is 418 g/mol. The van der Waals surface area contributed by atoms with Gasteiger partial charge in [-0.3, -0.25) is 0 Å². The molecule has 0 aliphatic carbocycles. The normalized spacial score (nSPS) is 16.3. The minimum atomic E-state index is -1.19. The maximum atomic E-state index is 11.3. The number of rotatable bonds is 7. The molecule has 1 aliphatic heterocycles. The van der Waals surface area contributed by atoms with Gasteiger partial charge in [0, 0.05) is 10.1 Å². The van der Waals surface area contributed by atoms with Crippen molar-refractivity contribution in [3.05, 3.63) is 65.2 Å².